The second kappa shape index (κ2) is 7.44. The number of amides is 1. The molecule has 0 aliphatic carbocycles. The van der Waals surface area contributed by atoms with Crippen molar-refractivity contribution in [3.63, 3.8) is 0 Å². The van der Waals surface area contributed by atoms with Gasteiger partial charge in [-0.2, -0.15) is 5.10 Å². The average Bonchev–Trinajstić information content (AvgIpc) is 2.68. The lowest BCUT2D eigenvalue weighted by atomic mass is 10.2. The van der Waals surface area contributed by atoms with Crippen LogP contribution in [0, 0.1) is 0 Å². The second-order valence-corrected chi connectivity index (χ2v) is 5.18. The molecule has 6 heteroatoms. The van der Waals surface area contributed by atoms with Crippen molar-refractivity contribution in [1.82, 2.24) is 9.78 Å². The molecule has 0 atom stereocenters. The van der Waals surface area contributed by atoms with Crippen molar-refractivity contribution in [2.75, 3.05) is 14.2 Å². The number of nitrogens with zero attached hydrogens (tertiary/aromatic N) is 3. The summed E-state index contributed by atoms with van der Waals surface area (Å²) in [7, 11) is 3.06. The van der Waals surface area contributed by atoms with Gasteiger partial charge in [-0.1, -0.05) is 18.2 Å². The van der Waals surface area contributed by atoms with E-state index in [-0.39, 0.29) is 0 Å². The van der Waals surface area contributed by atoms with Gasteiger partial charge < -0.3 is 9.47 Å². The Morgan fingerprint density at radius 2 is 1.68 bits per heavy atom. The van der Waals surface area contributed by atoms with Crippen LogP contribution in [-0.2, 0) is 0 Å². The SMILES string of the molecule is COc1cc(OC)cc(C(=O)/N=c2\ccn(-c3ccccc3)nc2)c1. The predicted octanol–water partition coefficient (Wildman–Crippen LogP) is 2.63. The summed E-state index contributed by atoms with van der Waals surface area (Å²) in [5.74, 6) is 0.675. The molecule has 0 aliphatic rings. The van der Waals surface area contributed by atoms with Gasteiger partial charge >= 0.3 is 0 Å². The first-order valence-electron chi connectivity index (χ1n) is 7.62. The molecule has 0 aliphatic heterocycles. The standard InChI is InChI=1S/C19H17N3O3/c1-24-17-10-14(11-18(12-17)25-2)19(23)21-15-8-9-22(20-13-15)16-6-4-3-5-7-16/h3-13H,1-2H3/b21-15+. The maximum Gasteiger partial charge on any atom is 0.277 e. The van der Waals surface area contributed by atoms with Crippen LogP contribution in [0.2, 0.25) is 0 Å². The van der Waals surface area contributed by atoms with Crippen LogP contribution in [0.25, 0.3) is 5.69 Å². The van der Waals surface area contributed by atoms with Gasteiger partial charge in [-0.3, -0.25) is 4.79 Å². The third-order valence-electron chi connectivity index (χ3n) is 3.55. The van der Waals surface area contributed by atoms with Crippen LogP contribution in [0.5, 0.6) is 11.5 Å². The van der Waals surface area contributed by atoms with Crippen molar-refractivity contribution in [2.24, 2.45) is 4.99 Å². The third-order valence-corrected chi connectivity index (χ3v) is 3.55. The van der Waals surface area contributed by atoms with E-state index in [2.05, 4.69) is 10.1 Å². The topological polar surface area (TPSA) is 65.7 Å². The van der Waals surface area contributed by atoms with Gasteiger partial charge in [-0.15, -0.1) is 0 Å². The maximum atomic E-state index is 12.4. The van der Waals surface area contributed by atoms with Crippen LogP contribution in [0.3, 0.4) is 0 Å². The summed E-state index contributed by atoms with van der Waals surface area (Å²) in [6, 6.07) is 16.4. The molecule has 126 valence electrons. The zero-order valence-corrected chi connectivity index (χ0v) is 13.9. The van der Waals surface area contributed by atoms with E-state index in [1.54, 1.807) is 41.3 Å². The van der Waals surface area contributed by atoms with Crippen molar-refractivity contribution in [3.05, 3.63) is 77.9 Å². The highest BCUT2D eigenvalue weighted by molar-refractivity contribution is 5.95. The van der Waals surface area contributed by atoms with Gasteiger partial charge in [-0.05, 0) is 30.3 Å². The minimum atomic E-state index is -0.392. The summed E-state index contributed by atoms with van der Waals surface area (Å²) in [5, 5.41) is 4.76. The summed E-state index contributed by atoms with van der Waals surface area (Å²) in [6.07, 6.45) is 3.30. The van der Waals surface area contributed by atoms with E-state index < -0.39 is 5.91 Å². The molecule has 0 spiro atoms. The number of para-hydroxylation sites is 1. The highest BCUT2D eigenvalue weighted by Crippen LogP contribution is 2.22. The van der Waals surface area contributed by atoms with Crippen molar-refractivity contribution in [3.8, 4) is 17.2 Å². The maximum absolute atomic E-state index is 12.4. The molecule has 3 aromatic rings. The van der Waals surface area contributed by atoms with Crippen molar-refractivity contribution < 1.29 is 14.3 Å². The lowest BCUT2D eigenvalue weighted by Gasteiger charge is -2.06. The number of aromatic nitrogens is 2. The van der Waals surface area contributed by atoms with Crippen LogP contribution in [0.15, 0.2) is 72.0 Å². The molecule has 0 saturated carbocycles. The molecule has 0 N–H and O–H groups in total. The highest BCUT2D eigenvalue weighted by atomic mass is 16.5. The molecule has 25 heavy (non-hydrogen) atoms. The Kier molecular flexibility index (Phi) is 4.89. The zero-order chi connectivity index (χ0) is 17.6. The lowest BCUT2D eigenvalue weighted by Crippen LogP contribution is -2.11. The Balaban J connectivity index is 1.89. The zero-order valence-electron chi connectivity index (χ0n) is 13.9. The first kappa shape index (κ1) is 16.4. The predicted molar refractivity (Wildman–Crippen MR) is 93.0 cm³/mol. The van der Waals surface area contributed by atoms with Crippen molar-refractivity contribution >= 4 is 5.91 Å². The molecule has 6 nitrogen and oxygen atoms in total. The van der Waals surface area contributed by atoms with E-state index in [9.17, 15) is 4.79 Å². The minimum absolute atomic E-state index is 0.385. The quantitative estimate of drug-likeness (QED) is 0.735. The Morgan fingerprint density at radius 1 is 1.00 bits per heavy atom. The van der Waals surface area contributed by atoms with Gasteiger partial charge in [0.15, 0.2) is 0 Å². The Morgan fingerprint density at radius 3 is 2.24 bits per heavy atom. The van der Waals surface area contributed by atoms with Crippen LogP contribution in [-0.4, -0.2) is 29.9 Å². The van der Waals surface area contributed by atoms with E-state index in [0.717, 1.165) is 5.69 Å². The number of carbonyl (C=O) groups excluding carboxylic acids is 1. The van der Waals surface area contributed by atoms with Gasteiger partial charge in [0.1, 0.15) is 11.5 Å². The number of benzene rings is 2. The van der Waals surface area contributed by atoms with E-state index in [4.69, 9.17) is 9.47 Å². The molecule has 2 aromatic carbocycles. The van der Waals surface area contributed by atoms with Crippen molar-refractivity contribution in [1.29, 1.82) is 0 Å². The third kappa shape index (κ3) is 3.92. The highest BCUT2D eigenvalue weighted by Gasteiger charge is 2.08. The first-order valence-corrected chi connectivity index (χ1v) is 7.62. The van der Waals surface area contributed by atoms with Crippen LogP contribution in [0.1, 0.15) is 10.4 Å². The summed E-state index contributed by atoms with van der Waals surface area (Å²) in [4.78, 5) is 16.5. The van der Waals surface area contributed by atoms with E-state index >= 15 is 0 Å². The van der Waals surface area contributed by atoms with E-state index in [0.29, 0.717) is 22.4 Å². The van der Waals surface area contributed by atoms with Gasteiger partial charge in [0.05, 0.1) is 31.5 Å². The minimum Gasteiger partial charge on any atom is -0.497 e. The summed E-state index contributed by atoms with van der Waals surface area (Å²) >= 11 is 0. The number of hydrogen-bond donors (Lipinski definition) is 0. The molecule has 0 saturated heterocycles. The molecule has 3 rings (SSSR count). The Hall–Kier alpha value is -3.41. The van der Waals surface area contributed by atoms with Gasteiger partial charge in [0, 0.05) is 17.8 Å². The monoisotopic (exact) mass is 335 g/mol. The molecular formula is C19H17N3O3. The van der Waals surface area contributed by atoms with E-state index in [1.807, 2.05) is 30.3 Å². The fourth-order valence-corrected chi connectivity index (χ4v) is 2.26. The van der Waals surface area contributed by atoms with Gasteiger partial charge in [-0.25, -0.2) is 9.67 Å². The molecule has 0 fully saturated rings. The molecule has 1 amide bonds. The van der Waals surface area contributed by atoms with Crippen LogP contribution >= 0.6 is 0 Å². The summed E-state index contributed by atoms with van der Waals surface area (Å²) < 4.78 is 12.1. The Bertz CT molecular complexity index is 907. The number of methoxy groups -OCH3 is 2. The van der Waals surface area contributed by atoms with Crippen LogP contribution < -0.4 is 14.8 Å². The molecule has 0 bridgehead atoms. The molecular weight excluding hydrogens is 318 g/mol. The molecule has 0 radical (unpaired) electrons. The van der Waals surface area contributed by atoms with Gasteiger partial charge in [0.25, 0.3) is 5.91 Å². The molecule has 1 aromatic heterocycles. The summed E-state index contributed by atoms with van der Waals surface area (Å²) in [5.41, 5.74) is 1.31. The summed E-state index contributed by atoms with van der Waals surface area (Å²) in [6.45, 7) is 0. The van der Waals surface area contributed by atoms with Crippen molar-refractivity contribution in [2.45, 2.75) is 0 Å². The second-order valence-electron chi connectivity index (χ2n) is 5.18. The van der Waals surface area contributed by atoms with Gasteiger partial charge in [0.2, 0.25) is 0 Å². The first-order chi connectivity index (χ1) is 12.2. The largest absolute Gasteiger partial charge is 0.497 e. The fourth-order valence-electron chi connectivity index (χ4n) is 2.26. The number of hydrogen-bond acceptors (Lipinski definition) is 4. The smallest absolute Gasteiger partial charge is 0.277 e. The normalized spacial score (nSPS) is 11.2. The lowest BCUT2D eigenvalue weighted by molar-refractivity contribution is 0.0997. The fraction of sp³-hybridized carbons (Fsp3) is 0.105. The van der Waals surface area contributed by atoms with E-state index in [1.165, 1.54) is 14.2 Å². The number of rotatable bonds is 4. The number of carbonyl (C=O) groups is 1. The molecule has 0 unspecified atom stereocenters. The Labute approximate surface area is 145 Å². The van der Waals surface area contributed by atoms with Crippen LogP contribution in [0.4, 0.5) is 0 Å². The number of ether oxygens (including phenoxy) is 2. The molecule has 1 heterocycles. The average molecular weight is 335 g/mol.